The standard InChI is InChI=1S/C20H18NOSi.C11H8N.Ir/c1-23(2,3)15-8-6-7-14(11-15)18-12-17-16-9-4-5-10-19(16)22-20(17)13-21-18;1-2-6-10(7-3-1)11-8-4-5-9-12-11;/h4-6,8-13H,1-3H3;1-6,8-9H;/q2*-1;. The van der Waals surface area contributed by atoms with E-state index in [0.29, 0.717) is 0 Å². The van der Waals surface area contributed by atoms with Crippen LogP contribution < -0.4 is 5.19 Å². The Hall–Kier alpha value is -3.37. The van der Waals surface area contributed by atoms with Gasteiger partial charge in [0.25, 0.3) is 0 Å². The molecule has 0 unspecified atom stereocenters. The second kappa shape index (κ2) is 11.1. The molecule has 0 aliphatic heterocycles. The van der Waals surface area contributed by atoms with E-state index >= 15 is 0 Å². The van der Waals surface area contributed by atoms with Crippen LogP contribution in [0.4, 0.5) is 0 Å². The Bertz CT molecular complexity index is 1540. The number of hydrogen-bond acceptors (Lipinski definition) is 3. The molecule has 3 aromatic heterocycles. The van der Waals surface area contributed by atoms with Crippen molar-refractivity contribution in [1.82, 2.24) is 9.97 Å². The van der Waals surface area contributed by atoms with Gasteiger partial charge in [-0.25, -0.2) is 0 Å². The summed E-state index contributed by atoms with van der Waals surface area (Å²) in [7, 11) is -1.35. The maximum Gasteiger partial charge on any atom is 0.151 e. The molecule has 0 N–H and O–H groups in total. The molecular formula is C31H26IrN2OSi-2. The molecule has 0 spiro atoms. The van der Waals surface area contributed by atoms with Crippen molar-refractivity contribution < 1.29 is 24.5 Å². The molecule has 3 nitrogen and oxygen atoms in total. The summed E-state index contributed by atoms with van der Waals surface area (Å²) in [6.07, 6.45) is 3.61. The molecule has 0 aliphatic rings. The maximum absolute atomic E-state index is 5.86. The van der Waals surface area contributed by atoms with Crippen LogP contribution in [0, 0.1) is 12.1 Å². The van der Waals surface area contributed by atoms with E-state index in [1.807, 2.05) is 72.9 Å². The van der Waals surface area contributed by atoms with Gasteiger partial charge in [-0.2, -0.15) is 0 Å². The molecule has 0 saturated heterocycles. The number of hydrogen-bond donors (Lipinski definition) is 0. The van der Waals surface area contributed by atoms with Crippen LogP contribution in [0.1, 0.15) is 0 Å². The SMILES string of the molecule is C[Si](C)(C)c1cc[c-]c(-c2cc3c(cn2)oc2ccccc23)c1.[Ir].[c-]1ccccc1-c1ccccn1. The summed E-state index contributed by atoms with van der Waals surface area (Å²) in [6.45, 7) is 7.06. The summed E-state index contributed by atoms with van der Waals surface area (Å²) < 4.78 is 5.86. The van der Waals surface area contributed by atoms with Gasteiger partial charge in [-0.1, -0.05) is 56.0 Å². The van der Waals surface area contributed by atoms with Gasteiger partial charge in [0.2, 0.25) is 0 Å². The molecule has 0 atom stereocenters. The van der Waals surface area contributed by atoms with Gasteiger partial charge in [0, 0.05) is 37.1 Å². The number of nitrogens with zero attached hydrogens (tertiary/aromatic N) is 2. The number of para-hydroxylation sites is 1. The fourth-order valence-electron chi connectivity index (χ4n) is 3.93. The average Bonchev–Trinajstić information content (AvgIpc) is 3.28. The van der Waals surface area contributed by atoms with Crippen LogP contribution >= 0.6 is 0 Å². The molecule has 36 heavy (non-hydrogen) atoms. The smallest absolute Gasteiger partial charge is 0.151 e. The Morgan fingerprint density at radius 2 is 1.44 bits per heavy atom. The first-order valence-electron chi connectivity index (χ1n) is 11.7. The van der Waals surface area contributed by atoms with E-state index in [2.05, 4.69) is 66.0 Å². The number of furan rings is 1. The van der Waals surface area contributed by atoms with Gasteiger partial charge < -0.3 is 14.4 Å². The summed E-state index contributed by atoms with van der Waals surface area (Å²) in [5.74, 6) is 0. The van der Waals surface area contributed by atoms with Crippen molar-refractivity contribution in [2.45, 2.75) is 19.6 Å². The molecular weight excluding hydrogens is 637 g/mol. The normalized spacial score (nSPS) is 11.0. The molecule has 181 valence electrons. The van der Waals surface area contributed by atoms with Gasteiger partial charge in [0.05, 0.1) is 14.3 Å². The Morgan fingerprint density at radius 3 is 2.19 bits per heavy atom. The van der Waals surface area contributed by atoms with Gasteiger partial charge in [-0.05, 0) is 23.5 Å². The molecule has 0 saturated carbocycles. The van der Waals surface area contributed by atoms with Crippen molar-refractivity contribution in [3.63, 3.8) is 0 Å². The molecule has 3 heterocycles. The quantitative estimate of drug-likeness (QED) is 0.145. The topological polar surface area (TPSA) is 38.9 Å². The van der Waals surface area contributed by atoms with Crippen molar-refractivity contribution >= 4 is 35.2 Å². The summed E-state index contributed by atoms with van der Waals surface area (Å²) in [5.41, 5.74) is 5.75. The summed E-state index contributed by atoms with van der Waals surface area (Å²) >= 11 is 0. The van der Waals surface area contributed by atoms with Gasteiger partial charge in [0.15, 0.2) is 5.58 Å². The fourth-order valence-corrected chi connectivity index (χ4v) is 5.09. The molecule has 5 heteroatoms. The Morgan fingerprint density at radius 1 is 0.667 bits per heavy atom. The first-order valence-corrected chi connectivity index (χ1v) is 15.2. The summed E-state index contributed by atoms with van der Waals surface area (Å²) in [4.78, 5) is 8.80. The molecule has 0 amide bonds. The number of benzene rings is 3. The van der Waals surface area contributed by atoms with Crippen LogP contribution in [0.25, 0.3) is 44.5 Å². The van der Waals surface area contributed by atoms with Crippen molar-refractivity contribution in [2.24, 2.45) is 0 Å². The largest absolute Gasteiger partial charge is 0.455 e. The van der Waals surface area contributed by atoms with Crippen LogP contribution in [0.15, 0.2) is 108 Å². The molecule has 6 aromatic rings. The molecule has 0 fully saturated rings. The first kappa shape index (κ1) is 25.7. The van der Waals surface area contributed by atoms with E-state index in [0.717, 1.165) is 44.5 Å². The molecule has 3 aromatic carbocycles. The van der Waals surface area contributed by atoms with Crippen LogP contribution in [-0.4, -0.2) is 18.0 Å². The van der Waals surface area contributed by atoms with Gasteiger partial charge in [-0.3, -0.25) is 0 Å². The first-order chi connectivity index (χ1) is 17.0. The predicted molar refractivity (Wildman–Crippen MR) is 147 cm³/mol. The third kappa shape index (κ3) is 5.71. The Labute approximate surface area is 226 Å². The van der Waals surface area contributed by atoms with Crippen molar-refractivity contribution in [3.05, 3.63) is 116 Å². The monoisotopic (exact) mass is 663 g/mol. The predicted octanol–water partition coefficient (Wildman–Crippen LogP) is 7.54. The van der Waals surface area contributed by atoms with E-state index in [4.69, 9.17) is 4.42 Å². The third-order valence-electron chi connectivity index (χ3n) is 5.86. The van der Waals surface area contributed by atoms with Gasteiger partial charge >= 0.3 is 0 Å². The molecule has 0 aliphatic carbocycles. The Balaban J connectivity index is 0.000000198. The van der Waals surface area contributed by atoms with Crippen molar-refractivity contribution in [2.75, 3.05) is 0 Å². The average molecular weight is 663 g/mol. The third-order valence-corrected chi connectivity index (χ3v) is 7.90. The van der Waals surface area contributed by atoms with Crippen molar-refractivity contribution in [3.8, 4) is 22.5 Å². The minimum atomic E-state index is -1.35. The van der Waals surface area contributed by atoms with E-state index in [-0.39, 0.29) is 20.1 Å². The van der Waals surface area contributed by atoms with Crippen LogP contribution in [0.5, 0.6) is 0 Å². The number of fused-ring (bicyclic) bond motifs is 3. The van der Waals surface area contributed by atoms with Gasteiger partial charge in [-0.15, -0.1) is 70.9 Å². The van der Waals surface area contributed by atoms with E-state index in [1.54, 1.807) is 6.20 Å². The van der Waals surface area contributed by atoms with Crippen molar-refractivity contribution in [1.29, 1.82) is 0 Å². The zero-order valence-electron chi connectivity index (χ0n) is 20.5. The second-order valence-electron chi connectivity index (χ2n) is 9.40. The minimum absolute atomic E-state index is 0. The molecule has 0 bridgehead atoms. The molecule has 1 radical (unpaired) electrons. The van der Waals surface area contributed by atoms with E-state index in [9.17, 15) is 0 Å². The number of aromatic nitrogens is 2. The van der Waals surface area contributed by atoms with E-state index < -0.39 is 8.07 Å². The zero-order valence-corrected chi connectivity index (χ0v) is 23.8. The maximum atomic E-state index is 5.86. The van der Waals surface area contributed by atoms with E-state index in [1.165, 1.54) is 5.19 Å². The fraction of sp³-hybridized carbons (Fsp3) is 0.0968. The second-order valence-corrected chi connectivity index (χ2v) is 14.5. The zero-order chi connectivity index (χ0) is 24.3. The molecule has 6 rings (SSSR count). The van der Waals surface area contributed by atoms with Crippen LogP contribution in [0.3, 0.4) is 0 Å². The number of pyridine rings is 2. The van der Waals surface area contributed by atoms with Crippen LogP contribution in [-0.2, 0) is 20.1 Å². The summed E-state index contributed by atoms with van der Waals surface area (Å²) in [6, 6.07) is 36.8. The minimum Gasteiger partial charge on any atom is -0.455 e. The van der Waals surface area contributed by atoms with Crippen LogP contribution in [0.2, 0.25) is 19.6 Å². The van der Waals surface area contributed by atoms with Gasteiger partial charge in [0.1, 0.15) is 5.58 Å². The number of rotatable bonds is 3. The summed E-state index contributed by atoms with van der Waals surface area (Å²) in [5, 5.41) is 3.66. The Kier molecular flexibility index (Phi) is 7.95.